The van der Waals surface area contributed by atoms with Gasteiger partial charge in [-0.2, -0.15) is 0 Å². The summed E-state index contributed by atoms with van der Waals surface area (Å²) in [7, 11) is 0. The van der Waals surface area contributed by atoms with Crippen molar-refractivity contribution < 1.29 is 10.3 Å². The van der Waals surface area contributed by atoms with Gasteiger partial charge < -0.3 is 10.1 Å². The molecule has 0 bridgehead atoms. The summed E-state index contributed by atoms with van der Waals surface area (Å²) in [6, 6.07) is 0. The van der Waals surface area contributed by atoms with Gasteiger partial charge in [0.25, 0.3) is 0 Å². The molecule has 4 nitrogen and oxygen atoms in total. The number of aromatic hydroxyl groups is 1. The van der Waals surface area contributed by atoms with Gasteiger partial charge in [-0.05, 0) is 19.4 Å². The number of anilines is 1. The maximum Gasteiger partial charge on any atom is 0.215 e. The lowest BCUT2D eigenvalue weighted by atomic mass is 10.2. The quantitative estimate of drug-likeness (QED) is 0.444. The summed E-state index contributed by atoms with van der Waals surface area (Å²) in [6.07, 6.45) is 0. The van der Waals surface area contributed by atoms with Crippen molar-refractivity contribution in [3.05, 3.63) is 11.3 Å². The minimum absolute atomic E-state index is 0.0301. The van der Waals surface area contributed by atoms with Gasteiger partial charge in [0.2, 0.25) is 5.88 Å². The van der Waals surface area contributed by atoms with E-state index in [2.05, 4.69) is 4.98 Å². The second-order valence-corrected chi connectivity index (χ2v) is 2.21. The summed E-state index contributed by atoms with van der Waals surface area (Å²) in [5.41, 5.74) is 3.91. The Balaban J connectivity index is 3.20. The van der Waals surface area contributed by atoms with Gasteiger partial charge in [0.15, 0.2) is 0 Å². The van der Waals surface area contributed by atoms with Crippen molar-refractivity contribution in [2.45, 2.75) is 13.8 Å². The fourth-order valence-electron chi connectivity index (χ4n) is 0.836. The highest BCUT2D eigenvalue weighted by Crippen LogP contribution is 2.27. The minimum atomic E-state index is -0.0301. The molecule has 4 N–H and O–H groups in total. The van der Waals surface area contributed by atoms with E-state index in [1.807, 2.05) is 12.4 Å². The van der Waals surface area contributed by atoms with Crippen LogP contribution in [-0.2, 0) is 0 Å². The van der Waals surface area contributed by atoms with Gasteiger partial charge >= 0.3 is 0 Å². The lowest BCUT2D eigenvalue weighted by Crippen LogP contribution is -1.88. The number of rotatable bonds is 1. The van der Waals surface area contributed by atoms with Crippen LogP contribution < -0.4 is 5.48 Å². The molecule has 0 spiro atoms. The molecule has 4 heteroatoms. The zero-order chi connectivity index (χ0) is 7.72. The number of H-pyrrole nitrogens is 1. The average molecular weight is 142 g/mol. The Kier molecular flexibility index (Phi) is 1.55. The number of aryl methyl sites for hydroxylation is 1. The van der Waals surface area contributed by atoms with Gasteiger partial charge in [-0.15, -0.1) is 0 Å². The Morgan fingerprint density at radius 1 is 1.40 bits per heavy atom. The topological polar surface area (TPSA) is 68.3 Å². The molecule has 1 rings (SSSR count). The molecule has 0 aliphatic carbocycles. The van der Waals surface area contributed by atoms with E-state index in [-0.39, 0.29) is 5.88 Å². The summed E-state index contributed by atoms with van der Waals surface area (Å²) >= 11 is 0. The maximum atomic E-state index is 9.03. The van der Waals surface area contributed by atoms with Crippen LogP contribution in [0.1, 0.15) is 11.3 Å². The van der Waals surface area contributed by atoms with E-state index < -0.39 is 0 Å². The van der Waals surface area contributed by atoms with Crippen molar-refractivity contribution in [3.63, 3.8) is 0 Å². The molecule has 56 valence electrons. The zero-order valence-corrected chi connectivity index (χ0v) is 5.89. The van der Waals surface area contributed by atoms with E-state index in [1.54, 1.807) is 6.92 Å². The van der Waals surface area contributed by atoms with Gasteiger partial charge in [-0.25, -0.2) is 0 Å². The maximum absolute atomic E-state index is 9.03. The minimum Gasteiger partial charge on any atom is -0.493 e. The van der Waals surface area contributed by atoms with Crippen LogP contribution in [0.2, 0.25) is 0 Å². The van der Waals surface area contributed by atoms with E-state index >= 15 is 0 Å². The second kappa shape index (κ2) is 2.22. The lowest BCUT2D eigenvalue weighted by Gasteiger charge is -1.95. The van der Waals surface area contributed by atoms with Crippen LogP contribution in [-0.4, -0.2) is 15.3 Å². The van der Waals surface area contributed by atoms with E-state index in [4.69, 9.17) is 10.3 Å². The van der Waals surface area contributed by atoms with Crippen molar-refractivity contribution in [1.82, 2.24) is 4.98 Å². The summed E-state index contributed by atoms with van der Waals surface area (Å²) in [5, 5.41) is 17.5. The first-order valence-corrected chi connectivity index (χ1v) is 2.95. The Labute approximate surface area is 58.5 Å². The van der Waals surface area contributed by atoms with Crippen LogP contribution in [0.15, 0.2) is 0 Å². The number of aromatic nitrogens is 1. The van der Waals surface area contributed by atoms with Crippen LogP contribution >= 0.6 is 0 Å². The Hall–Kier alpha value is -1.16. The smallest absolute Gasteiger partial charge is 0.215 e. The second-order valence-electron chi connectivity index (χ2n) is 2.21. The highest BCUT2D eigenvalue weighted by atomic mass is 16.5. The molecule has 0 aliphatic heterocycles. The molecule has 1 aromatic rings. The third-order valence-corrected chi connectivity index (χ3v) is 1.59. The Bertz CT molecular complexity index is 242. The first-order valence-electron chi connectivity index (χ1n) is 2.95. The molecular formula is C6H10N2O2. The lowest BCUT2D eigenvalue weighted by molar-refractivity contribution is 0.379. The van der Waals surface area contributed by atoms with Crippen molar-refractivity contribution in [2.75, 3.05) is 5.48 Å². The molecule has 0 aromatic carbocycles. The van der Waals surface area contributed by atoms with Gasteiger partial charge in [0.1, 0.15) is 5.69 Å². The monoisotopic (exact) mass is 142 g/mol. The first kappa shape index (κ1) is 6.95. The van der Waals surface area contributed by atoms with Crippen molar-refractivity contribution in [1.29, 1.82) is 0 Å². The summed E-state index contributed by atoms with van der Waals surface area (Å²) < 4.78 is 0. The van der Waals surface area contributed by atoms with Crippen LogP contribution in [0.3, 0.4) is 0 Å². The summed E-state index contributed by atoms with van der Waals surface area (Å²) in [6.45, 7) is 3.61. The van der Waals surface area contributed by atoms with E-state index in [0.29, 0.717) is 5.69 Å². The molecule has 1 aromatic heterocycles. The van der Waals surface area contributed by atoms with E-state index in [1.165, 1.54) is 0 Å². The molecule has 0 amide bonds. The SMILES string of the molecule is Cc1[nH]c(O)c(NO)c1C. The molecule has 10 heavy (non-hydrogen) atoms. The molecule has 0 fully saturated rings. The molecule has 0 atom stereocenters. The standard InChI is InChI=1S/C6H10N2O2/c1-3-4(2)7-6(9)5(3)8-10/h7-10H,1-2H3. The predicted octanol–water partition coefficient (Wildman–Crippen LogP) is 1.14. The van der Waals surface area contributed by atoms with Crippen LogP contribution in [0, 0.1) is 13.8 Å². The first-order chi connectivity index (χ1) is 4.66. The highest BCUT2D eigenvalue weighted by Gasteiger charge is 2.08. The molecular weight excluding hydrogens is 132 g/mol. The van der Waals surface area contributed by atoms with Crippen LogP contribution in [0.5, 0.6) is 5.88 Å². The summed E-state index contributed by atoms with van der Waals surface area (Å²) in [5.74, 6) is -0.0301. The number of nitrogens with one attached hydrogen (secondary N) is 2. The third kappa shape index (κ3) is 0.823. The largest absolute Gasteiger partial charge is 0.493 e. The third-order valence-electron chi connectivity index (χ3n) is 1.59. The van der Waals surface area contributed by atoms with Gasteiger partial charge in [-0.3, -0.25) is 10.7 Å². The van der Waals surface area contributed by atoms with E-state index in [0.717, 1.165) is 11.3 Å². The van der Waals surface area contributed by atoms with Gasteiger partial charge in [0, 0.05) is 5.69 Å². The average Bonchev–Trinajstić information content (AvgIpc) is 2.09. The molecule has 0 aliphatic rings. The highest BCUT2D eigenvalue weighted by molar-refractivity contribution is 5.59. The van der Waals surface area contributed by atoms with Crippen LogP contribution in [0.25, 0.3) is 0 Å². The summed E-state index contributed by atoms with van der Waals surface area (Å²) in [4.78, 5) is 2.66. The molecule has 1 heterocycles. The van der Waals surface area contributed by atoms with Crippen molar-refractivity contribution in [2.24, 2.45) is 0 Å². The zero-order valence-electron chi connectivity index (χ0n) is 5.89. The number of hydrogen-bond donors (Lipinski definition) is 4. The molecule has 0 saturated carbocycles. The number of hydrogen-bond acceptors (Lipinski definition) is 3. The van der Waals surface area contributed by atoms with E-state index in [9.17, 15) is 0 Å². The Morgan fingerprint density at radius 3 is 2.20 bits per heavy atom. The van der Waals surface area contributed by atoms with Gasteiger partial charge in [-0.1, -0.05) is 0 Å². The fourth-order valence-corrected chi connectivity index (χ4v) is 0.836. The number of aromatic amines is 1. The van der Waals surface area contributed by atoms with Crippen LogP contribution in [0.4, 0.5) is 5.69 Å². The van der Waals surface area contributed by atoms with Crippen molar-refractivity contribution in [3.8, 4) is 5.88 Å². The molecule has 0 unspecified atom stereocenters. The Morgan fingerprint density at radius 2 is 2.00 bits per heavy atom. The normalized spacial score (nSPS) is 9.90. The predicted molar refractivity (Wildman–Crippen MR) is 37.3 cm³/mol. The van der Waals surface area contributed by atoms with Gasteiger partial charge in [0.05, 0.1) is 0 Å². The van der Waals surface area contributed by atoms with Crippen molar-refractivity contribution >= 4 is 5.69 Å². The molecule has 0 radical (unpaired) electrons. The fraction of sp³-hybridized carbons (Fsp3) is 0.333. The molecule has 0 saturated heterocycles.